The first kappa shape index (κ1) is 17.5. The van der Waals surface area contributed by atoms with Gasteiger partial charge in [0.25, 0.3) is 5.91 Å². The van der Waals surface area contributed by atoms with Gasteiger partial charge in [0.05, 0.1) is 0 Å². The summed E-state index contributed by atoms with van der Waals surface area (Å²) in [6.07, 6.45) is 0.752. The van der Waals surface area contributed by atoms with Gasteiger partial charge in [-0.25, -0.2) is 0 Å². The Labute approximate surface area is 141 Å². The van der Waals surface area contributed by atoms with E-state index in [9.17, 15) is 4.79 Å². The van der Waals surface area contributed by atoms with Gasteiger partial charge in [0.1, 0.15) is 0 Å². The van der Waals surface area contributed by atoms with Gasteiger partial charge in [-0.1, -0.05) is 30.6 Å². The summed E-state index contributed by atoms with van der Waals surface area (Å²) in [5.74, 6) is 0.754. The molecule has 1 amide bonds. The molecule has 1 unspecified atom stereocenters. The monoisotopic (exact) mass is 335 g/mol. The fourth-order valence-electron chi connectivity index (χ4n) is 2.10. The van der Waals surface area contributed by atoms with Gasteiger partial charge in [-0.05, 0) is 36.6 Å². The SMILES string of the molecule is CC(C)C(N)CCN(C)C(=O)c1cc(-c2ccc(Cl)cc2)on1. The Morgan fingerprint density at radius 1 is 1.35 bits per heavy atom. The number of carbonyl (C=O) groups excluding carboxylic acids is 1. The molecule has 0 fully saturated rings. The number of amides is 1. The molecule has 6 heteroatoms. The lowest BCUT2D eigenvalue weighted by atomic mass is 10.0. The number of benzene rings is 1. The van der Waals surface area contributed by atoms with E-state index in [0.717, 1.165) is 12.0 Å². The second-order valence-corrected chi connectivity index (χ2v) is 6.44. The van der Waals surface area contributed by atoms with E-state index in [-0.39, 0.29) is 17.6 Å². The van der Waals surface area contributed by atoms with E-state index in [4.69, 9.17) is 21.9 Å². The zero-order valence-corrected chi connectivity index (χ0v) is 14.4. The zero-order valence-electron chi connectivity index (χ0n) is 13.6. The van der Waals surface area contributed by atoms with Crippen molar-refractivity contribution in [1.29, 1.82) is 0 Å². The van der Waals surface area contributed by atoms with E-state index in [1.54, 1.807) is 30.1 Å². The molecule has 0 aliphatic rings. The molecule has 1 aromatic heterocycles. The molecular formula is C17H22ClN3O2. The van der Waals surface area contributed by atoms with Crippen molar-refractivity contribution in [2.75, 3.05) is 13.6 Å². The average Bonchev–Trinajstić information content (AvgIpc) is 3.01. The largest absolute Gasteiger partial charge is 0.355 e. The van der Waals surface area contributed by atoms with Crippen molar-refractivity contribution < 1.29 is 9.32 Å². The Bertz CT molecular complexity index is 652. The summed E-state index contributed by atoms with van der Waals surface area (Å²) in [5, 5.41) is 4.51. The van der Waals surface area contributed by atoms with Crippen LogP contribution in [-0.2, 0) is 0 Å². The fraction of sp³-hybridized carbons (Fsp3) is 0.412. The fourth-order valence-corrected chi connectivity index (χ4v) is 2.23. The highest BCUT2D eigenvalue weighted by molar-refractivity contribution is 6.30. The van der Waals surface area contributed by atoms with E-state index >= 15 is 0 Å². The summed E-state index contributed by atoms with van der Waals surface area (Å²) in [6.45, 7) is 4.73. The molecule has 2 aromatic rings. The van der Waals surface area contributed by atoms with Gasteiger partial charge < -0.3 is 15.2 Å². The van der Waals surface area contributed by atoms with E-state index in [1.807, 2.05) is 12.1 Å². The van der Waals surface area contributed by atoms with Gasteiger partial charge in [0.15, 0.2) is 11.5 Å². The Morgan fingerprint density at radius 2 is 2.00 bits per heavy atom. The first-order chi connectivity index (χ1) is 10.9. The molecule has 0 saturated heterocycles. The summed E-state index contributed by atoms with van der Waals surface area (Å²) < 4.78 is 5.26. The first-order valence-corrected chi connectivity index (χ1v) is 8.00. The van der Waals surface area contributed by atoms with Gasteiger partial charge in [-0.3, -0.25) is 4.79 Å². The predicted molar refractivity (Wildman–Crippen MR) is 91.3 cm³/mol. The number of halogens is 1. The molecule has 0 saturated carbocycles. The number of nitrogens with zero attached hydrogens (tertiary/aromatic N) is 2. The summed E-state index contributed by atoms with van der Waals surface area (Å²) in [4.78, 5) is 14.0. The minimum atomic E-state index is -0.176. The summed E-state index contributed by atoms with van der Waals surface area (Å²) >= 11 is 5.86. The van der Waals surface area contributed by atoms with Gasteiger partial charge in [0.2, 0.25) is 0 Å². The number of hydrogen-bond acceptors (Lipinski definition) is 4. The minimum absolute atomic E-state index is 0.0761. The number of aromatic nitrogens is 1. The molecule has 1 heterocycles. The van der Waals surface area contributed by atoms with Gasteiger partial charge in [-0.2, -0.15) is 0 Å². The molecule has 23 heavy (non-hydrogen) atoms. The van der Waals surface area contributed by atoms with Gasteiger partial charge in [0, 0.05) is 36.3 Å². The molecular weight excluding hydrogens is 314 g/mol. The van der Waals surface area contributed by atoms with Crippen LogP contribution in [0.25, 0.3) is 11.3 Å². The normalized spacial score (nSPS) is 12.4. The van der Waals surface area contributed by atoms with E-state index in [2.05, 4.69) is 19.0 Å². The average molecular weight is 336 g/mol. The van der Waals surface area contributed by atoms with Gasteiger partial charge >= 0.3 is 0 Å². The smallest absolute Gasteiger partial charge is 0.275 e. The lowest BCUT2D eigenvalue weighted by Gasteiger charge is -2.20. The lowest BCUT2D eigenvalue weighted by Crippen LogP contribution is -2.34. The van der Waals surface area contributed by atoms with E-state index < -0.39 is 0 Å². The molecule has 124 valence electrons. The number of nitrogens with two attached hydrogens (primary N) is 1. The quantitative estimate of drug-likeness (QED) is 0.877. The topological polar surface area (TPSA) is 72.4 Å². The van der Waals surface area contributed by atoms with Crippen LogP contribution in [0.1, 0.15) is 30.8 Å². The predicted octanol–water partition coefficient (Wildman–Crippen LogP) is 3.44. The van der Waals surface area contributed by atoms with E-state index in [1.165, 1.54) is 0 Å². The molecule has 0 bridgehead atoms. The molecule has 2 rings (SSSR count). The van der Waals surface area contributed by atoms with Crippen molar-refractivity contribution in [2.45, 2.75) is 26.3 Å². The molecule has 1 aromatic carbocycles. The van der Waals surface area contributed by atoms with Crippen molar-refractivity contribution in [3.8, 4) is 11.3 Å². The van der Waals surface area contributed by atoms with Crippen LogP contribution in [0.15, 0.2) is 34.9 Å². The van der Waals surface area contributed by atoms with Crippen LogP contribution in [0.3, 0.4) is 0 Å². The third-order valence-corrected chi connectivity index (χ3v) is 4.11. The highest BCUT2D eigenvalue weighted by Crippen LogP contribution is 2.22. The Morgan fingerprint density at radius 3 is 2.61 bits per heavy atom. The molecule has 0 aliphatic carbocycles. The van der Waals surface area contributed by atoms with E-state index in [0.29, 0.717) is 23.2 Å². The molecule has 5 nitrogen and oxygen atoms in total. The van der Waals surface area contributed by atoms with Crippen molar-refractivity contribution in [2.24, 2.45) is 11.7 Å². The van der Waals surface area contributed by atoms with Crippen molar-refractivity contribution >= 4 is 17.5 Å². The first-order valence-electron chi connectivity index (χ1n) is 7.62. The highest BCUT2D eigenvalue weighted by atomic mass is 35.5. The van der Waals surface area contributed by atoms with Gasteiger partial charge in [-0.15, -0.1) is 0 Å². The Kier molecular flexibility index (Phi) is 5.80. The summed E-state index contributed by atoms with van der Waals surface area (Å²) in [5.41, 5.74) is 7.13. The third kappa shape index (κ3) is 4.56. The lowest BCUT2D eigenvalue weighted by molar-refractivity contribution is 0.0779. The minimum Gasteiger partial charge on any atom is -0.355 e. The van der Waals surface area contributed by atoms with Crippen LogP contribution in [0.5, 0.6) is 0 Å². The standard InChI is InChI=1S/C17H22ClN3O2/c1-11(2)14(19)8-9-21(3)17(22)15-10-16(23-20-15)12-4-6-13(18)7-5-12/h4-7,10-11,14H,8-9,19H2,1-3H3. The highest BCUT2D eigenvalue weighted by Gasteiger charge is 2.18. The van der Waals surface area contributed by atoms with Crippen LogP contribution < -0.4 is 5.73 Å². The maximum absolute atomic E-state index is 12.4. The summed E-state index contributed by atoms with van der Waals surface area (Å²) in [6, 6.07) is 8.89. The van der Waals surface area contributed by atoms with Crippen molar-refractivity contribution in [3.63, 3.8) is 0 Å². The van der Waals surface area contributed by atoms with Crippen LogP contribution >= 0.6 is 11.6 Å². The van der Waals surface area contributed by atoms with Crippen LogP contribution in [0.2, 0.25) is 5.02 Å². The maximum atomic E-state index is 12.4. The van der Waals surface area contributed by atoms with Crippen LogP contribution in [-0.4, -0.2) is 35.6 Å². The number of rotatable bonds is 6. The zero-order chi connectivity index (χ0) is 17.0. The number of hydrogen-bond donors (Lipinski definition) is 1. The summed E-state index contributed by atoms with van der Waals surface area (Å²) in [7, 11) is 1.74. The van der Waals surface area contributed by atoms with Crippen molar-refractivity contribution in [1.82, 2.24) is 10.1 Å². The molecule has 1 atom stereocenters. The third-order valence-electron chi connectivity index (χ3n) is 3.86. The molecule has 0 spiro atoms. The second kappa shape index (κ2) is 7.62. The Balaban J connectivity index is 2.01. The second-order valence-electron chi connectivity index (χ2n) is 6.01. The molecule has 0 aliphatic heterocycles. The van der Waals surface area contributed by atoms with Crippen LogP contribution in [0.4, 0.5) is 0 Å². The Hall–Kier alpha value is -1.85. The van der Waals surface area contributed by atoms with Crippen LogP contribution in [0, 0.1) is 5.92 Å². The maximum Gasteiger partial charge on any atom is 0.275 e. The van der Waals surface area contributed by atoms with Crippen molar-refractivity contribution in [3.05, 3.63) is 41.0 Å². The molecule has 2 N–H and O–H groups in total. The molecule has 0 radical (unpaired) electrons. The number of carbonyl (C=O) groups is 1.